The van der Waals surface area contributed by atoms with Crippen molar-refractivity contribution >= 4 is 22.7 Å². The molecule has 8 heteroatoms. The Morgan fingerprint density at radius 2 is 2.06 bits per heavy atom. The summed E-state index contributed by atoms with van der Waals surface area (Å²) in [6.45, 7) is 2.40. The Kier molecular flexibility index (Phi) is 4.95. The van der Waals surface area contributed by atoms with Crippen LogP contribution in [0.1, 0.15) is 16.1 Å². The van der Waals surface area contributed by atoms with Gasteiger partial charge in [0.25, 0.3) is 5.91 Å². The number of hydrogen-bond acceptors (Lipinski definition) is 5. The fourth-order valence-electron chi connectivity index (χ4n) is 4.42. The number of morpholine rings is 1. The van der Waals surface area contributed by atoms with Gasteiger partial charge in [-0.1, -0.05) is 24.3 Å². The zero-order valence-electron chi connectivity index (χ0n) is 17.4. The quantitative estimate of drug-likeness (QED) is 0.667. The lowest BCUT2D eigenvalue weighted by Crippen LogP contribution is -2.73. The topological polar surface area (TPSA) is 90.6 Å². The van der Waals surface area contributed by atoms with E-state index in [1.54, 1.807) is 17.3 Å². The van der Waals surface area contributed by atoms with Gasteiger partial charge in [-0.2, -0.15) is 0 Å². The third-order valence-electron chi connectivity index (χ3n) is 6.11. The number of aromatic nitrogens is 2. The molecule has 5 rings (SSSR count). The molecule has 0 radical (unpaired) electrons. The van der Waals surface area contributed by atoms with Gasteiger partial charge in [0.2, 0.25) is 5.91 Å². The van der Waals surface area contributed by atoms with Crippen molar-refractivity contribution in [1.82, 2.24) is 25.1 Å². The first-order valence-corrected chi connectivity index (χ1v) is 10.4. The Morgan fingerprint density at radius 3 is 2.81 bits per heavy atom. The number of carbonyl (C=O) groups is 2. The first kappa shape index (κ1) is 19.7. The van der Waals surface area contributed by atoms with Gasteiger partial charge in [0, 0.05) is 36.4 Å². The monoisotopic (exact) mass is 419 g/mol. The number of rotatable bonds is 4. The molecule has 0 saturated carbocycles. The molecular formula is C23H25N5O3. The van der Waals surface area contributed by atoms with E-state index in [-0.39, 0.29) is 17.9 Å². The number of hydrogen-bond donors (Lipinski definition) is 2. The average molecular weight is 419 g/mol. The zero-order valence-corrected chi connectivity index (χ0v) is 17.4. The Morgan fingerprint density at radius 1 is 1.23 bits per heavy atom. The number of H-pyrrole nitrogens is 1. The van der Waals surface area contributed by atoms with Crippen molar-refractivity contribution in [2.45, 2.75) is 18.2 Å². The van der Waals surface area contributed by atoms with Crippen LogP contribution >= 0.6 is 0 Å². The second-order valence-corrected chi connectivity index (χ2v) is 8.44. The van der Waals surface area contributed by atoms with Crippen LogP contribution in [0.3, 0.4) is 0 Å². The summed E-state index contributed by atoms with van der Waals surface area (Å²) >= 11 is 0. The molecule has 3 aromatic rings. The van der Waals surface area contributed by atoms with Crippen LogP contribution in [0.2, 0.25) is 0 Å². The van der Waals surface area contributed by atoms with Crippen LogP contribution in [0.5, 0.6) is 0 Å². The van der Waals surface area contributed by atoms with Crippen LogP contribution in [-0.4, -0.2) is 76.5 Å². The van der Waals surface area contributed by atoms with Crippen LogP contribution in [0, 0.1) is 0 Å². The Labute approximate surface area is 180 Å². The predicted octanol–water partition coefficient (Wildman–Crippen LogP) is 1.40. The molecule has 1 atom stereocenters. The zero-order chi connectivity index (χ0) is 21.4. The van der Waals surface area contributed by atoms with E-state index in [0.29, 0.717) is 38.5 Å². The number of likely N-dealkylation sites (tertiary alicyclic amines) is 1. The Balaban J connectivity index is 1.16. The average Bonchev–Trinajstić information content (AvgIpc) is 3.20. The highest BCUT2D eigenvalue weighted by atomic mass is 16.5. The van der Waals surface area contributed by atoms with E-state index in [1.807, 2.05) is 54.4 Å². The summed E-state index contributed by atoms with van der Waals surface area (Å²) in [5, 5.41) is 3.98. The van der Waals surface area contributed by atoms with Gasteiger partial charge in [-0.05, 0) is 30.8 Å². The van der Waals surface area contributed by atoms with Gasteiger partial charge >= 0.3 is 0 Å². The summed E-state index contributed by atoms with van der Waals surface area (Å²) in [7, 11) is 1.93. The number of amides is 2. The standard InChI is InChI=1S/C23H25N5O3/c1-27-13-23(31-12-20(27)21(29)25-11-16-5-4-8-24-10-16)14-28(15-23)22(30)19-9-17-6-2-3-7-18(17)26-19/h2-10,20,26H,11-15H2,1H3,(H,25,29). The molecule has 160 valence electrons. The first-order chi connectivity index (χ1) is 15.0. The molecular weight excluding hydrogens is 394 g/mol. The van der Waals surface area contributed by atoms with E-state index in [9.17, 15) is 9.59 Å². The van der Waals surface area contributed by atoms with Crippen LogP contribution in [0.25, 0.3) is 10.9 Å². The molecule has 2 aliphatic rings. The van der Waals surface area contributed by atoms with E-state index in [4.69, 9.17) is 4.74 Å². The van der Waals surface area contributed by atoms with Crippen LogP contribution in [0.4, 0.5) is 0 Å². The molecule has 2 amide bonds. The molecule has 0 aliphatic carbocycles. The summed E-state index contributed by atoms with van der Waals surface area (Å²) in [4.78, 5) is 36.5. The van der Waals surface area contributed by atoms with Crippen molar-refractivity contribution in [3.8, 4) is 0 Å². The maximum Gasteiger partial charge on any atom is 0.270 e. The third kappa shape index (κ3) is 3.80. The van der Waals surface area contributed by atoms with Gasteiger partial charge in [-0.25, -0.2) is 0 Å². The normalized spacial score (nSPS) is 20.5. The summed E-state index contributed by atoms with van der Waals surface area (Å²) in [5.74, 6) is -0.0871. The lowest BCUT2D eigenvalue weighted by atomic mass is 9.90. The summed E-state index contributed by atoms with van der Waals surface area (Å²) in [5.41, 5.74) is 2.09. The number of pyridine rings is 1. The number of nitrogens with zero attached hydrogens (tertiary/aromatic N) is 3. The first-order valence-electron chi connectivity index (χ1n) is 10.4. The second kappa shape index (κ2) is 7.79. The smallest absolute Gasteiger partial charge is 0.270 e. The van der Waals surface area contributed by atoms with E-state index < -0.39 is 5.60 Å². The molecule has 8 nitrogen and oxygen atoms in total. The number of aromatic amines is 1. The molecule has 2 N–H and O–H groups in total. The number of para-hydroxylation sites is 1. The van der Waals surface area contributed by atoms with Gasteiger partial charge in [-0.3, -0.25) is 19.5 Å². The minimum absolute atomic E-state index is 0.0237. The SMILES string of the molecule is CN1CC2(CN(C(=O)c3cc4ccccc4[nH]3)C2)OCC1C(=O)NCc1cccnc1. The van der Waals surface area contributed by atoms with Crippen molar-refractivity contribution in [1.29, 1.82) is 0 Å². The van der Waals surface area contributed by atoms with E-state index in [1.165, 1.54) is 0 Å². The van der Waals surface area contributed by atoms with Crippen molar-refractivity contribution in [2.24, 2.45) is 0 Å². The number of benzene rings is 1. The maximum absolute atomic E-state index is 12.9. The minimum Gasteiger partial charge on any atom is -0.368 e. The highest BCUT2D eigenvalue weighted by Crippen LogP contribution is 2.32. The molecule has 2 aliphatic heterocycles. The predicted molar refractivity (Wildman–Crippen MR) is 115 cm³/mol. The fraction of sp³-hybridized carbons (Fsp3) is 0.348. The van der Waals surface area contributed by atoms with Crippen molar-refractivity contribution < 1.29 is 14.3 Å². The van der Waals surface area contributed by atoms with Crippen molar-refractivity contribution in [3.63, 3.8) is 0 Å². The molecule has 2 fully saturated rings. The number of likely N-dealkylation sites (N-methyl/N-ethyl adjacent to an activating group) is 1. The number of carbonyl (C=O) groups excluding carboxylic acids is 2. The Bertz CT molecular complexity index is 1070. The second-order valence-electron chi connectivity index (χ2n) is 8.44. The number of ether oxygens (including phenoxy) is 1. The molecule has 2 aromatic heterocycles. The number of fused-ring (bicyclic) bond motifs is 1. The van der Waals surface area contributed by atoms with Gasteiger partial charge in [0.1, 0.15) is 17.3 Å². The minimum atomic E-state index is -0.406. The van der Waals surface area contributed by atoms with Crippen LogP contribution in [0.15, 0.2) is 54.9 Å². The molecule has 4 heterocycles. The summed E-state index contributed by atoms with van der Waals surface area (Å²) in [6, 6.07) is 13.2. The summed E-state index contributed by atoms with van der Waals surface area (Å²) < 4.78 is 6.11. The van der Waals surface area contributed by atoms with Gasteiger partial charge < -0.3 is 19.9 Å². The fourth-order valence-corrected chi connectivity index (χ4v) is 4.42. The van der Waals surface area contributed by atoms with E-state index in [0.717, 1.165) is 16.5 Å². The largest absolute Gasteiger partial charge is 0.368 e. The molecule has 1 spiro atoms. The Hall–Kier alpha value is -3.23. The lowest BCUT2D eigenvalue weighted by molar-refractivity contribution is -0.187. The lowest BCUT2D eigenvalue weighted by Gasteiger charge is -2.54. The van der Waals surface area contributed by atoms with Gasteiger partial charge in [0.15, 0.2) is 0 Å². The van der Waals surface area contributed by atoms with Gasteiger partial charge in [0.05, 0.1) is 19.7 Å². The highest BCUT2D eigenvalue weighted by Gasteiger charge is 2.51. The van der Waals surface area contributed by atoms with Crippen LogP contribution < -0.4 is 5.32 Å². The van der Waals surface area contributed by atoms with Crippen molar-refractivity contribution in [2.75, 3.05) is 33.3 Å². The third-order valence-corrected chi connectivity index (χ3v) is 6.11. The molecule has 1 aromatic carbocycles. The maximum atomic E-state index is 12.9. The van der Waals surface area contributed by atoms with E-state index >= 15 is 0 Å². The molecule has 0 bridgehead atoms. The molecule has 2 saturated heterocycles. The highest BCUT2D eigenvalue weighted by molar-refractivity contribution is 5.98. The molecule has 1 unspecified atom stereocenters. The van der Waals surface area contributed by atoms with Crippen molar-refractivity contribution in [3.05, 3.63) is 66.1 Å². The molecule has 31 heavy (non-hydrogen) atoms. The van der Waals surface area contributed by atoms with Gasteiger partial charge in [-0.15, -0.1) is 0 Å². The summed E-state index contributed by atoms with van der Waals surface area (Å²) in [6.07, 6.45) is 3.45. The number of nitrogens with one attached hydrogen (secondary N) is 2. The van der Waals surface area contributed by atoms with E-state index in [2.05, 4.69) is 15.3 Å². The van der Waals surface area contributed by atoms with Crippen LogP contribution in [-0.2, 0) is 16.1 Å².